The van der Waals surface area contributed by atoms with Crippen LogP contribution in [0.5, 0.6) is 0 Å². The normalized spacial score (nSPS) is 43.6. The van der Waals surface area contributed by atoms with Crippen molar-refractivity contribution < 1.29 is 14.3 Å². The number of urea groups is 1. The molecular weight excluding hydrogens is 490 g/mol. The summed E-state index contributed by atoms with van der Waals surface area (Å²) in [6.45, 7) is 7.67. The minimum atomic E-state index is -0.674. The molecule has 3 N–H and O–H groups in total. The summed E-state index contributed by atoms with van der Waals surface area (Å²) in [4.78, 5) is 26.6. The third kappa shape index (κ3) is 4.46. The maximum Gasteiger partial charge on any atom is 0.335 e. The molecule has 1 aromatic heterocycles. The molecule has 2 heterocycles. The first kappa shape index (κ1) is 27.3. The fraction of sp³-hybridized carbons (Fsp3) is 0.812. The molecule has 0 spiro atoms. The van der Waals surface area contributed by atoms with E-state index in [1.807, 2.05) is 18.0 Å². The van der Waals surface area contributed by atoms with Gasteiger partial charge >= 0.3 is 11.7 Å². The maximum atomic E-state index is 13.1. The maximum absolute atomic E-state index is 13.1. The van der Waals surface area contributed by atoms with Gasteiger partial charge in [-0.25, -0.2) is 9.59 Å². The van der Waals surface area contributed by atoms with Crippen LogP contribution in [0.1, 0.15) is 96.0 Å². The third-order valence-electron chi connectivity index (χ3n) is 12.8. The summed E-state index contributed by atoms with van der Waals surface area (Å²) in [6.07, 6.45) is 13.4. The highest BCUT2D eigenvalue weighted by Gasteiger charge is 2.67. The number of rotatable bonds is 4. The molecule has 0 unspecified atom stereocenters. The Hall–Kier alpha value is -1.86. The summed E-state index contributed by atoms with van der Waals surface area (Å²) in [5.41, 5.74) is 0.103. The lowest BCUT2D eigenvalue weighted by Gasteiger charge is -2.64. The van der Waals surface area contributed by atoms with Crippen LogP contribution in [-0.4, -0.2) is 54.4 Å². The van der Waals surface area contributed by atoms with E-state index in [0.717, 1.165) is 83.0 Å². The quantitative estimate of drug-likeness (QED) is 0.506. The summed E-state index contributed by atoms with van der Waals surface area (Å²) in [5, 5.41) is 19.1. The van der Waals surface area contributed by atoms with Crippen LogP contribution in [0.3, 0.4) is 0 Å². The molecule has 0 bridgehead atoms. The number of nitrogens with one attached hydrogen (secondary N) is 2. The number of aliphatic hydroxyl groups is 1. The minimum Gasteiger partial charge on any atom is -0.431 e. The Labute approximate surface area is 233 Å². The summed E-state index contributed by atoms with van der Waals surface area (Å²) in [6, 6.07) is 3.82. The molecule has 9 atom stereocenters. The lowest BCUT2D eigenvalue weighted by molar-refractivity contribution is -0.203. The average Bonchev–Trinajstić information content (AvgIpc) is 3.23. The molecule has 6 rings (SSSR count). The van der Waals surface area contributed by atoms with Crippen LogP contribution in [0, 0.1) is 34.5 Å². The number of nitrogens with zero attached hydrogens (tertiary/aromatic N) is 1. The van der Waals surface area contributed by atoms with E-state index in [4.69, 9.17) is 4.42 Å². The van der Waals surface area contributed by atoms with Gasteiger partial charge in [-0.05, 0) is 130 Å². The van der Waals surface area contributed by atoms with Crippen molar-refractivity contribution in [1.29, 1.82) is 0 Å². The van der Waals surface area contributed by atoms with Crippen molar-refractivity contribution in [2.45, 2.75) is 102 Å². The van der Waals surface area contributed by atoms with E-state index >= 15 is 0 Å². The zero-order valence-electron chi connectivity index (χ0n) is 24.2. The van der Waals surface area contributed by atoms with Crippen molar-refractivity contribution >= 4 is 6.03 Å². The van der Waals surface area contributed by atoms with Crippen LogP contribution in [-0.2, 0) is 0 Å². The molecule has 0 radical (unpaired) electrons. The van der Waals surface area contributed by atoms with Crippen LogP contribution in [0.15, 0.2) is 27.6 Å². The second-order valence-corrected chi connectivity index (χ2v) is 14.3. The SMILES string of the molecule is CN(C(=O)NC[C@H]1CCCNC1)[C@H]1CC[C@@]2(C)[C@H](CC[C@@H]3[C@@H]2CC[C@]2(C)[C@@H](c4ccc(=O)oc4)CC[C@]32O)C1. The topological polar surface area (TPSA) is 94.8 Å². The summed E-state index contributed by atoms with van der Waals surface area (Å²) >= 11 is 0. The second kappa shape index (κ2) is 10.2. The number of carbonyl (C=O) groups is 1. The smallest absolute Gasteiger partial charge is 0.335 e. The van der Waals surface area contributed by atoms with Gasteiger partial charge in [-0.15, -0.1) is 0 Å². The Bertz CT molecular complexity index is 1100. The van der Waals surface area contributed by atoms with Gasteiger partial charge in [0.2, 0.25) is 0 Å². The number of fused-ring (bicyclic) bond motifs is 5. The summed E-state index contributed by atoms with van der Waals surface area (Å²) in [5.74, 6) is 2.22. The zero-order chi connectivity index (χ0) is 27.4. The molecule has 0 aromatic carbocycles. The molecule has 5 fully saturated rings. The van der Waals surface area contributed by atoms with Gasteiger partial charge in [0.1, 0.15) is 0 Å². The van der Waals surface area contributed by atoms with Gasteiger partial charge in [-0.1, -0.05) is 13.8 Å². The predicted molar refractivity (Wildman–Crippen MR) is 151 cm³/mol. The number of piperidine rings is 1. The van der Waals surface area contributed by atoms with E-state index in [-0.39, 0.29) is 28.4 Å². The molecule has 2 amide bonds. The van der Waals surface area contributed by atoms with E-state index in [9.17, 15) is 14.7 Å². The minimum absolute atomic E-state index is 0.0827. The molecule has 1 saturated heterocycles. The zero-order valence-corrected chi connectivity index (χ0v) is 24.2. The highest BCUT2D eigenvalue weighted by atomic mass is 16.4. The standard InChI is InChI=1S/C32H49N3O4/c1-30-13-10-24(35(3)29(37)34-19-21-5-4-16-33-18-21)17-23(30)7-8-27-26(30)11-14-31(2)25(12-15-32(27,31)38)22-6-9-28(36)39-20-22/h6,9,20-21,23-27,33,38H,4-5,7-8,10-19H2,1-3H3,(H,34,37)/t21-,23+,24-,25+,26-,27+,30-,31+,32-/m0/s1. The molecule has 7 heteroatoms. The van der Waals surface area contributed by atoms with Crippen molar-refractivity contribution in [2.24, 2.45) is 34.5 Å². The van der Waals surface area contributed by atoms with Gasteiger partial charge in [-0.2, -0.15) is 0 Å². The molecular formula is C32H49N3O4. The number of hydrogen-bond donors (Lipinski definition) is 3. The Morgan fingerprint density at radius 2 is 1.95 bits per heavy atom. The van der Waals surface area contributed by atoms with Gasteiger partial charge in [-0.3, -0.25) is 0 Å². The van der Waals surface area contributed by atoms with E-state index in [0.29, 0.717) is 29.7 Å². The van der Waals surface area contributed by atoms with Crippen molar-refractivity contribution in [3.63, 3.8) is 0 Å². The van der Waals surface area contributed by atoms with E-state index in [1.54, 1.807) is 6.26 Å². The fourth-order valence-corrected chi connectivity index (χ4v) is 10.3. The van der Waals surface area contributed by atoms with Crippen molar-refractivity contribution in [2.75, 3.05) is 26.7 Å². The molecule has 4 aliphatic carbocycles. The van der Waals surface area contributed by atoms with Gasteiger partial charge in [0.15, 0.2) is 0 Å². The number of hydrogen-bond acceptors (Lipinski definition) is 5. The molecule has 7 nitrogen and oxygen atoms in total. The highest BCUT2D eigenvalue weighted by molar-refractivity contribution is 5.74. The van der Waals surface area contributed by atoms with E-state index in [1.165, 1.54) is 18.9 Å². The average molecular weight is 540 g/mol. The van der Waals surface area contributed by atoms with Crippen LogP contribution in [0.2, 0.25) is 0 Å². The Balaban J connectivity index is 1.12. The monoisotopic (exact) mass is 539 g/mol. The van der Waals surface area contributed by atoms with Crippen molar-refractivity contribution in [3.05, 3.63) is 34.4 Å². The van der Waals surface area contributed by atoms with Crippen molar-refractivity contribution in [1.82, 2.24) is 15.5 Å². The molecule has 4 saturated carbocycles. The highest BCUT2D eigenvalue weighted by Crippen LogP contribution is 2.70. The Kier molecular flexibility index (Phi) is 7.15. The first-order valence-electron chi connectivity index (χ1n) is 15.7. The van der Waals surface area contributed by atoms with Crippen LogP contribution >= 0.6 is 0 Å². The largest absolute Gasteiger partial charge is 0.431 e. The Morgan fingerprint density at radius 3 is 2.69 bits per heavy atom. The fourth-order valence-electron chi connectivity index (χ4n) is 10.3. The van der Waals surface area contributed by atoms with Gasteiger partial charge < -0.3 is 25.1 Å². The molecule has 1 aromatic rings. The first-order valence-corrected chi connectivity index (χ1v) is 15.7. The second-order valence-electron chi connectivity index (χ2n) is 14.3. The molecule has 1 aliphatic heterocycles. The molecule has 39 heavy (non-hydrogen) atoms. The van der Waals surface area contributed by atoms with Gasteiger partial charge in [0, 0.05) is 31.1 Å². The first-order chi connectivity index (χ1) is 18.7. The van der Waals surface area contributed by atoms with Crippen LogP contribution in [0.25, 0.3) is 0 Å². The lowest BCUT2D eigenvalue weighted by atomic mass is 9.43. The molecule has 5 aliphatic rings. The van der Waals surface area contributed by atoms with Crippen LogP contribution in [0.4, 0.5) is 4.79 Å². The van der Waals surface area contributed by atoms with Crippen molar-refractivity contribution in [3.8, 4) is 0 Å². The number of amides is 2. The molecule has 216 valence electrons. The Morgan fingerprint density at radius 1 is 1.10 bits per heavy atom. The van der Waals surface area contributed by atoms with E-state index in [2.05, 4.69) is 24.5 Å². The lowest BCUT2D eigenvalue weighted by Crippen LogP contribution is -2.62. The van der Waals surface area contributed by atoms with Gasteiger partial charge in [0.25, 0.3) is 0 Å². The summed E-state index contributed by atoms with van der Waals surface area (Å²) < 4.78 is 5.24. The number of carbonyl (C=O) groups excluding carboxylic acids is 1. The van der Waals surface area contributed by atoms with Crippen LogP contribution < -0.4 is 16.3 Å². The van der Waals surface area contributed by atoms with E-state index < -0.39 is 5.60 Å². The predicted octanol–water partition coefficient (Wildman–Crippen LogP) is 4.89. The summed E-state index contributed by atoms with van der Waals surface area (Å²) in [7, 11) is 1.99. The van der Waals surface area contributed by atoms with Gasteiger partial charge in [0.05, 0.1) is 11.9 Å². The third-order valence-corrected chi connectivity index (χ3v) is 12.8.